The molecule has 2 aliphatic heterocycles. The van der Waals surface area contributed by atoms with Gasteiger partial charge in [0.05, 0.1) is 19.6 Å². The van der Waals surface area contributed by atoms with Gasteiger partial charge in [0.2, 0.25) is 40.1 Å². The van der Waals surface area contributed by atoms with Crippen LogP contribution in [0.1, 0.15) is 0 Å². The van der Waals surface area contributed by atoms with Gasteiger partial charge in [-0.3, -0.25) is 19.2 Å². The summed E-state index contributed by atoms with van der Waals surface area (Å²) in [6, 6.07) is 14.3. The summed E-state index contributed by atoms with van der Waals surface area (Å²) >= 11 is 0. The molecule has 0 amide bonds. The first-order chi connectivity index (χ1) is 33.9. The normalized spacial score (nSPS) is 12.5. The van der Waals surface area contributed by atoms with Crippen molar-refractivity contribution < 1.29 is 92.8 Å². The number of carbonyl (C=O) groups is 4. The molecule has 0 radical (unpaired) electrons. The summed E-state index contributed by atoms with van der Waals surface area (Å²) < 4.78 is 114. The van der Waals surface area contributed by atoms with Crippen molar-refractivity contribution in [1.29, 1.82) is 0 Å². The Morgan fingerprint density at radius 3 is 0.932 bits per heavy atom. The Balaban J connectivity index is 0.00000711. The van der Waals surface area contributed by atoms with E-state index in [1.165, 1.54) is 24.3 Å². The Labute approximate surface area is 421 Å². The number of rotatable bonds is 16. The molecule has 2 aliphatic rings. The fourth-order valence-electron chi connectivity index (χ4n) is 7.34. The van der Waals surface area contributed by atoms with E-state index in [0.717, 1.165) is 48.5 Å². The van der Waals surface area contributed by atoms with E-state index in [-0.39, 0.29) is 109 Å². The molecule has 0 atom stereocenters. The summed E-state index contributed by atoms with van der Waals surface area (Å²) in [6.45, 7) is -3.90. The van der Waals surface area contributed by atoms with Gasteiger partial charge in [0.25, 0.3) is 0 Å². The quantitative estimate of drug-likeness (QED) is 0.0582. The molecule has 5 heterocycles. The van der Waals surface area contributed by atoms with Gasteiger partial charge in [0.15, 0.2) is 23.3 Å². The number of carboxylic acids is 4. The number of benzene rings is 4. The predicted octanol–water partition coefficient (Wildman–Crippen LogP) is 0.318. The van der Waals surface area contributed by atoms with Gasteiger partial charge in [-0.25, -0.2) is 63.6 Å². The number of hydrogen-bond acceptors (Lipinski definition) is 18. The van der Waals surface area contributed by atoms with Crippen molar-refractivity contribution in [2.24, 2.45) is 0 Å². The molecule has 10 N–H and O–H groups in total. The van der Waals surface area contributed by atoms with E-state index in [1.807, 2.05) is 18.9 Å². The minimum Gasteiger partial charge on any atom is -0.480 e. The number of carboxylic acid groups (broad SMARTS) is 4. The summed E-state index contributed by atoms with van der Waals surface area (Å²) in [5.41, 5.74) is -0.192. The van der Waals surface area contributed by atoms with E-state index in [2.05, 4.69) is 19.9 Å². The molecule has 3 aromatic heterocycles. The van der Waals surface area contributed by atoms with Crippen LogP contribution < -0.4 is 18.9 Å². The average molecular weight is 1130 g/mol. The third-order valence-electron chi connectivity index (χ3n) is 10.6. The van der Waals surface area contributed by atoms with Gasteiger partial charge in [0.1, 0.15) is 48.8 Å². The fraction of sp³-hybridized carbons (Fsp3) is 0.100. The standard InChI is InChI=1S/C40H30N12O16S4.Zn/c53-29(54)13-41-69(61,62)17-1-5-21-25(9-17)37-45-33(21)49-38-26-10-18(70(63,64)42-14-30(55)56)2-6-22(26)35(46-38)51-40-28-12-20(72(67,68)44-16-32(59)60)4-8-24(28)36(48-40)52-39-27-11-19(71(65,66)43-15-31(57)58)3-7-23(27)34(47-39)50-37;/h1-12,41-44H,13-16H2,(H,53,54)(H,55,56)(H,57,58)(H,59,60)(H2,45,46,47,48,49,50,51,52);/q;+2. The molecule has 8 bridgehead atoms. The first-order valence-electron chi connectivity index (χ1n) is 20.1. The van der Waals surface area contributed by atoms with Crippen LogP contribution in [0, 0.1) is 0 Å². The molecular formula is C40H30N12O16S4Zn+2. The van der Waals surface area contributed by atoms with Crippen LogP contribution in [0.25, 0.3) is 89.7 Å². The van der Waals surface area contributed by atoms with E-state index in [4.69, 9.17) is 19.9 Å². The number of hydrogen-bond donors (Lipinski definition) is 10. The van der Waals surface area contributed by atoms with Crippen molar-refractivity contribution in [3.8, 4) is 45.6 Å². The number of nitrogens with zero attached hydrogens (tertiary/aromatic N) is 6. The van der Waals surface area contributed by atoms with Crippen LogP contribution in [0.2, 0.25) is 0 Å². The van der Waals surface area contributed by atoms with Gasteiger partial charge in [-0.1, -0.05) is 0 Å². The Morgan fingerprint density at radius 2 is 0.630 bits per heavy atom. The van der Waals surface area contributed by atoms with Crippen molar-refractivity contribution in [2.45, 2.75) is 19.6 Å². The van der Waals surface area contributed by atoms with E-state index >= 15 is 0 Å². The van der Waals surface area contributed by atoms with Crippen LogP contribution >= 0.6 is 0 Å². The molecule has 0 fully saturated rings. The summed E-state index contributed by atoms with van der Waals surface area (Å²) in [7, 11) is -18.0. The molecule has 0 saturated carbocycles. The van der Waals surface area contributed by atoms with Crippen molar-refractivity contribution in [3.05, 3.63) is 72.8 Å². The van der Waals surface area contributed by atoms with Gasteiger partial charge in [-0.2, -0.15) is 18.9 Å². The molecule has 370 valence electrons. The zero-order chi connectivity index (χ0) is 51.7. The molecule has 7 aromatic rings. The predicted molar refractivity (Wildman–Crippen MR) is 247 cm³/mol. The van der Waals surface area contributed by atoms with Crippen LogP contribution in [0.15, 0.2) is 92.4 Å². The molecule has 33 heteroatoms. The number of aromatic nitrogens is 8. The minimum atomic E-state index is -4.50. The van der Waals surface area contributed by atoms with E-state index in [9.17, 15) is 73.3 Å². The molecule has 4 aromatic carbocycles. The second kappa shape index (κ2) is 19.1. The molecule has 9 rings (SSSR count). The number of aliphatic carboxylic acids is 4. The van der Waals surface area contributed by atoms with E-state index in [0.29, 0.717) is 0 Å². The maximum absolute atomic E-state index is 13.3. The van der Waals surface area contributed by atoms with Crippen molar-refractivity contribution in [3.63, 3.8) is 0 Å². The number of fused-ring (bicyclic) bond motifs is 20. The van der Waals surface area contributed by atoms with Crippen molar-refractivity contribution in [1.82, 2.24) is 58.8 Å². The van der Waals surface area contributed by atoms with E-state index < -0.39 is 110 Å². The summed E-state index contributed by atoms with van der Waals surface area (Å²) in [5.74, 6) is -6.73. The monoisotopic (exact) mass is 1130 g/mol. The Bertz CT molecular complexity index is 3960. The molecule has 73 heavy (non-hydrogen) atoms. The Hall–Kier alpha value is -7.62. The van der Waals surface area contributed by atoms with Crippen LogP contribution in [0.4, 0.5) is 0 Å². The molecule has 0 saturated heterocycles. The maximum Gasteiger partial charge on any atom is 2.00 e. The SMILES string of the molecule is O=C(O)CNS(=O)(=O)c1ccc2c(c1)-c1nc-2nc2[nH]c(nc3nc(nc4[nH]c(n1)c1ccc(S(=O)(=O)NCC(=O)O)cc41)-c1ccc(S(=O)(=O)NCC(=O)O)cc1-3)c1ccc(S(=O)(=O)NCC(=O)O)cc21.[Zn+2]. The van der Waals surface area contributed by atoms with Gasteiger partial charge >= 0.3 is 43.4 Å². The van der Waals surface area contributed by atoms with Crippen molar-refractivity contribution >= 4 is 108 Å². The maximum atomic E-state index is 13.3. The number of aromatic amines is 2. The largest absolute Gasteiger partial charge is 2.00 e. The summed E-state index contributed by atoms with van der Waals surface area (Å²) in [4.78, 5) is 77.6. The van der Waals surface area contributed by atoms with E-state index in [1.54, 1.807) is 0 Å². The molecular weight excluding hydrogens is 1100 g/mol. The average Bonchev–Trinajstić information content (AvgIpc) is 4.06. The second-order valence-electron chi connectivity index (χ2n) is 15.3. The molecule has 28 nitrogen and oxygen atoms in total. The second-order valence-corrected chi connectivity index (χ2v) is 22.4. The van der Waals surface area contributed by atoms with Gasteiger partial charge in [-0.15, -0.1) is 0 Å². The molecule has 0 aliphatic carbocycles. The third-order valence-corrected chi connectivity index (χ3v) is 16.2. The minimum absolute atomic E-state index is 0. The zero-order valence-corrected chi connectivity index (χ0v) is 42.7. The first kappa shape index (κ1) is 51.7. The van der Waals surface area contributed by atoms with Crippen LogP contribution in [-0.4, -0.2) is 144 Å². The summed E-state index contributed by atoms with van der Waals surface area (Å²) in [5, 5.41) is 37.2. The number of H-pyrrole nitrogens is 2. The van der Waals surface area contributed by atoms with Crippen LogP contribution in [0.3, 0.4) is 0 Å². The van der Waals surface area contributed by atoms with Gasteiger partial charge in [-0.05, 0) is 72.8 Å². The van der Waals surface area contributed by atoms with Gasteiger partial charge < -0.3 is 30.4 Å². The topological polar surface area (TPSA) is 443 Å². The Morgan fingerprint density at radius 1 is 0.370 bits per heavy atom. The molecule has 0 spiro atoms. The smallest absolute Gasteiger partial charge is 0.480 e. The number of sulfonamides is 4. The first-order valence-corrected chi connectivity index (χ1v) is 26.1. The molecule has 0 unspecified atom stereocenters. The summed E-state index contributed by atoms with van der Waals surface area (Å²) in [6.07, 6.45) is 0. The Kier molecular flexibility index (Phi) is 13.5. The van der Waals surface area contributed by atoms with Crippen molar-refractivity contribution in [2.75, 3.05) is 26.2 Å². The van der Waals surface area contributed by atoms with Crippen LogP contribution in [-0.2, 0) is 78.7 Å². The van der Waals surface area contributed by atoms with Crippen LogP contribution in [0.5, 0.6) is 0 Å². The number of nitrogens with one attached hydrogen (secondary N) is 6. The zero-order valence-electron chi connectivity index (χ0n) is 36.5. The third kappa shape index (κ3) is 10.2. The fourth-order valence-corrected chi connectivity index (χ4v) is 11.3. The van der Waals surface area contributed by atoms with Gasteiger partial charge in [0, 0.05) is 43.8 Å².